The van der Waals surface area contributed by atoms with Gasteiger partial charge in [0.15, 0.2) is 0 Å². The van der Waals surface area contributed by atoms with Crippen LogP contribution in [-0.2, 0) is 5.41 Å². The van der Waals surface area contributed by atoms with Gasteiger partial charge < -0.3 is 4.90 Å². The lowest BCUT2D eigenvalue weighted by atomic mass is 9.42. The molecule has 1 atom stereocenters. The lowest BCUT2D eigenvalue weighted by molar-refractivity contribution is -0.0675. The first-order valence-corrected chi connectivity index (χ1v) is 9.81. The first kappa shape index (κ1) is 14.4. The van der Waals surface area contributed by atoms with E-state index in [0.29, 0.717) is 11.5 Å². The van der Waals surface area contributed by atoms with Crippen molar-refractivity contribution in [2.75, 3.05) is 4.90 Å². The molecule has 1 heteroatoms. The number of rotatable bonds is 0. The summed E-state index contributed by atoms with van der Waals surface area (Å²) in [5, 5.41) is 0. The van der Waals surface area contributed by atoms with E-state index in [-0.39, 0.29) is 5.54 Å². The summed E-state index contributed by atoms with van der Waals surface area (Å²) < 4.78 is 0. The molecule has 1 aliphatic heterocycles. The third-order valence-electron chi connectivity index (χ3n) is 7.92. The van der Waals surface area contributed by atoms with Crippen LogP contribution in [0.15, 0.2) is 24.3 Å². The average molecular weight is 309 g/mol. The minimum atomic E-state index is 0.202. The number of para-hydroxylation sites is 1. The molecule has 1 aromatic rings. The summed E-state index contributed by atoms with van der Waals surface area (Å²) in [7, 11) is 0. The summed E-state index contributed by atoms with van der Waals surface area (Å²) >= 11 is 0. The molecule has 1 aromatic carbocycles. The minimum Gasteiger partial charge on any atom is -0.363 e. The molecule has 1 unspecified atom stereocenters. The third kappa shape index (κ3) is 1.64. The van der Waals surface area contributed by atoms with E-state index in [2.05, 4.69) is 56.9 Å². The van der Waals surface area contributed by atoms with Crippen LogP contribution in [0.3, 0.4) is 0 Å². The summed E-state index contributed by atoms with van der Waals surface area (Å²) in [6.07, 6.45) is 7.56. The van der Waals surface area contributed by atoms with E-state index in [4.69, 9.17) is 0 Å². The summed E-state index contributed by atoms with van der Waals surface area (Å²) in [6, 6.07) is 10.1. The summed E-state index contributed by atoms with van der Waals surface area (Å²) in [5.74, 6) is 3.96. The number of hydrogen-bond acceptors (Lipinski definition) is 1. The van der Waals surface area contributed by atoms with Crippen molar-refractivity contribution in [1.29, 1.82) is 0 Å². The highest BCUT2D eigenvalue weighted by Gasteiger charge is 2.64. The first-order chi connectivity index (χ1) is 10.9. The van der Waals surface area contributed by atoms with Crippen molar-refractivity contribution in [3.8, 4) is 0 Å². The Balaban J connectivity index is 1.72. The van der Waals surface area contributed by atoms with Gasteiger partial charge in [0.25, 0.3) is 0 Å². The summed E-state index contributed by atoms with van der Waals surface area (Å²) in [4.78, 5) is 2.77. The van der Waals surface area contributed by atoms with Crippen LogP contribution in [0.4, 0.5) is 5.69 Å². The van der Waals surface area contributed by atoms with E-state index >= 15 is 0 Å². The SMILES string of the molecule is CC1N(C(C)(C)C)c2ccccc2C12C1CC3CC(C1)CC2C3. The normalized spacial score (nSPS) is 44.2. The van der Waals surface area contributed by atoms with Crippen molar-refractivity contribution >= 4 is 5.69 Å². The van der Waals surface area contributed by atoms with Gasteiger partial charge in [0, 0.05) is 22.7 Å². The van der Waals surface area contributed by atoms with Crippen LogP contribution < -0.4 is 4.90 Å². The van der Waals surface area contributed by atoms with Crippen LogP contribution >= 0.6 is 0 Å². The maximum Gasteiger partial charge on any atom is 0.0412 e. The number of nitrogens with zero attached hydrogens (tertiary/aromatic N) is 1. The largest absolute Gasteiger partial charge is 0.363 e. The van der Waals surface area contributed by atoms with E-state index in [9.17, 15) is 0 Å². The molecule has 4 saturated carbocycles. The number of fused-ring (bicyclic) bond motifs is 1. The Morgan fingerprint density at radius 1 is 0.913 bits per heavy atom. The van der Waals surface area contributed by atoms with Gasteiger partial charge in [-0.05, 0) is 95.1 Å². The molecule has 0 saturated heterocycles. The van der Waals surface area contributed by atoms with Crippen molar-refractivity contribution in [2.45, 2.75) is 76.8 Å². The fourth-order valence-corrected chi connectivity index (χ4v) is 7.73. The molecule has 1 nitrogen and oxygen atoms in total. The Bertz CT molecular complexity index is 610. The Hall–Kier alpha value is -0.980. The van der Waals surface area contributed by atoms with E-state index in [0.717, 1.165) is 23.7 Å². The highest BCUT2D eigenvalue weighted by molar-refractivity contribution is 5.67. The van der Waals surface area contributed by atoms with Crippen molar-refractivity contribution < 1.29 is 0 Å². The van der Waals surface area contributed by atoms with Gasteiger partial charge in [-0.3, -0.25) is 0 Å². The van der Waals surface area contributed by atoms with Crippen LogP contribution in [0.5, 0.6) is 0 Å². The first-order valence-electron chi connectivity index (χ1n) is 9.81. The van der Waals surface area contributed by atoms with Crippen molar-refractivity contribution in [1.82, 2.24) is 0 Å². The van der Waals surface area contributed by atoms with Crippen molar-refractivity contribution in [3.05, 3.63) is 29.8 Å². The zero-order chi connectivity index (χ0) is 16.0. The van der Waals surface area contributed by atoms with Gasteiger partial charge in [0.1, 0.15) is 0 Å². The van der Waals surface area contributed by atoms with Crippen LogP contribution in [0.2, 0.25) is 0 Å². The molecule has 4 bridgehead atoms. The molecular weight excluding hydrogens is 278 g/mol. The topological polar surface area (TPSA) is 3.24 Å². The Morgan fingerprint density at radius 2 is 1.48 bits per heavy atom. The van der Waals surface area contributed by atoms with Crippen molar-refractivity contribution in [3.63, 3.8) is 0 Å². The number of benzene rings is 1. The molecule has 1 spiro atoms. The molecule has 1 heterocycles. The molecule has 0 aromatic heterocycles. The molecule has 5 aliphatic rings. The molecule has 6 rings (SSSR count). The molecule has 0 N–H and O–H groups in total. The highest BCUT2D eigenvalue weighted by Crippen LogP contribution is 2.68. The zero-order valence-corrected chi connectivity index (χ0v) is 15.2. The molecule has 0 amide bonds. The fourth-order valence-electron chi connectivity index (χ4n) is 7.73. The molecule has 0 radical (unpaired) electrons. The van der Waals surface area contributed by atoms with Gasteiger partial charge >= 0.3 is 0 Å². The Morgan fingerprint density at radius 3 is 2.04 bits per heavy atom. The smallest absolute Gasteiger partial charge is 0.0412 e. The molecule has 124 valence electrons. The second-order valence-electron chi connectivity index (χ2n) is 9.97. The quantitative estimate of drug-likeness (QED) is 0.621. The van der Waals surface area contributed by atoms with Gasteiger partial charge in [0.2, 0.25) is 0 Å². The van der Waals surface area contributed by atoms with E-state index in [1.807, 2.05) is 0 Å². The van der Waals surface area contributed by atoms with Gasteiger partial charge in [0.05, 0.1) is 0 Å². The molecule has 4 fully saturated rings. The maximum absolute atomic E-state index is 2.77. The van der Waals surface area contributed by atoms with Crippen LogP contribution in [-0.4, -0.2) is 11.6 Å². The standard InChI is InChI=1S/C22H31N/c1-14-22(17-10-15-9-16(12-17)13-18(22)11-15)19-7-5-6-8-20(19)23(14)21(2,3)4/h5-8,14-18H,9-13H2,1-4H3. The van der Waals surface area contributed by atoms with Gasteiger partial charge in [-0.25, -0.2) is 0 Å². The molecule has 4 aliphatic carbocycles. The zero-order valence-electron chi connectivity index (χ0n) is 15.2. The van der Waals surface area contributed by atoms with Gasteiger partial charge in [-0.1, -0.05) is 18.2 Å². The fraction of sp³-hybridized carbons (Fsp3) is 0.727. The average Bonchev–Trinajstić information content (AvgIpc) is 2.73. The van der Waals surface area contributed by atoms with Gasteiger partial charge in [-0.2, -0.15) is 0 Å². The van der Waals surface area contributed by atoms with E-state index in [1.165, 1.54) is 25.7 Å². The Kier molecular flexibility index (Phi) is 2.72. The summed E-state index contributed by atoms with van der Waals surface area (Å²) in [5.41, 5.74) is 3.89. The highest BCUT2D eigenvalue weighted by atomic mass is 15.3. The minimum absolute atomic E-state index is 0.202. The second-order valence-corrected chi connectivity index (χ2v) is 9.97. The Labute approximate surface area is 141 Å². The summed E-state index contributed by atoms with van der Waals surface area (Å²) in [6.45, 7) is 9.74. The van der Waals surface area contributed by atoms with E-state index in [1.54, 1.807) is 17.7 Å². The predicted octanol–water partition coefficient (Wildman–Crippen LogP) is 5.39. The van der Waals surface area contributed by atoms with Crippen LogP contribution in [0.1, 0.15) is 65.4 Å². The third-order valence-corrected chi connectivity index (χ3v) is 7.92. The van der Waals surface area contributed by atoms with E-state index < -0.39 is 0 Å². The van der Waals surface area contributed by atoms with Crippen LogP contribution in [0.25, 0.3) is 0 Å². The monoisotopic (exact) mass is 309 g/mol. The van der Waals surface area contributed by atoms with Crippen molar-refractivity contribution in [2.24, 2.45) is 23.7 Å². The lowest BCUT2D eigenvalue weighted by Crippen LogP contribution is -2.62. The number of hydrogen-bond donors (Lipinski definition) is 0. The van der Waals surface area contributed by atoms with Crippen LogP contribution in [0, 0.1) is 23.7 Å². The lowest BCUT2D eigenvalue weighted by Gasteiger charge is -2.62. The van der Waals surface area contributed by atoms with Gasteiger partial charge in [-0.15, -0.1) is 0 Å². The number of anilines is 1. The second kappa shape index (κ2) is 4.35. The molecular formula is C22H31N. The molecule has 23 heavy (non-hydrogen) atoms. The maximum atomic E-state index is 2.77. The predicted molar refractivity (Wildman–Crippen MR) is 96.9 cm³/mol.